The smallest absolute Gasteiger partial charge is 0.426 e. The molecule has 7 heteroatoms. The number of alkyl halides is 5. The maximum absolute atomic E-state index is 14.6. The van der Waals surface area contributed by atoms with Gasteiger partial charge in [0.15, 0.2) is 0 Å². The van der Waals surface area contributed by atoms with Crippen molar-refractivity contribution in [1.29, 1.82) is 0 Å². The van der Waals surface area contributed by atoms with Gasteiger partial charge in [-0.05, 0) is 92.0 Å². The summed E-state index contributed by atoms with van der Waals surface area (Å²) in [5.74, 6) is 0.511. The zero-order chi connectivity index (χ0) is 25.9. The quantitative estimate of drug-likeness (QED) is 0.336. The van der Waals surface area contributed by atoms with Crippen LogP contribution in [0.1, 0.15) is 93.7 Å². The van der Waals surface area contributed by atoms with Crippen molar-refractivity contribution in [2.75, 3.05) is 0 Å². The van der Waals surface area contributed by atoms with Gasteiger partial charge in [-0.25, -0.2) is 4.39 Å². The first kappa shape index (κ1) is 26.9. The van der Waals surface area contributed by atoms with Crippen LogP contribution >= 0.6 is 0 Å². The van der Waals surface area contributed by atoms with Crippen molar-refractivity contribution < 1.29 is 31.1 Å². The molecule has 0 heterocycles. The Labute approximate surface area is 209 Å². The Hall–Kier alpha value is -2.18. The van der Waals surface area contributed by atoms with Crippen molar-refractivity contribution in [1.82, 2.24) is 0 Å². The normalized spacial score (nSPS) is 25.5. The summed E-state index contributed by atoms with van der Waals surface area (Å²) in [6, 6.07) is 7.37. The summed E-state index contributed by atoms with van der Waals surface area (Å²) < 4.78 is 85.7. The maximum Gasteiger partial charge on any atom is 0.426 e. The minimum Gasteiger partial charge on any atom is -0.429 e. The summed E-state index contributed by atoms with van der Waals surface area (Å²) >= 11 is 0. The molecule has 0 bridgehead atoms. The summed E-state index contributed by atoms with van der Waals surface area (Å²) in [5.41, 5.74) is -0.939. The Morgan fingerprint density at radius 1 is 0.778 bits per heavy atom. The van der Waals surface area contributed by atoms with Gasteiger partial charge < -0.3 is 4.74 Å². The number of rotatable bonds is 7. The second-order valence-electron chi connectivity index (χ2n) is 10.6. The van der Waals surface area contributed by atoms with E-state index in [1.165, 1.54) is 63.5 Å². The zero-order valence-corrected chi connectivity index (χ0v) is 20.6. The van der Waals surface area contributed by atoms with Gasteiger partial charge in [0.25, 0.3) is 0 Å². The first-order valence-electron chi connectivity index (χ1n) is 13.1. The van der Waals surface area contributed by atoms with Crippen molar-refractivity contribution >= 4 is 0 Å². The van der Waals surface area contributed by atoms with Gasteiger partial charge in [0.05, 0.1) is 11.1 Å². The van der Waals surface area contributed by atoms with E-state index in [0.717, 1.165) is 36.2 Å². The molecule has 0 unspecified atom stereocenters. The van der Waals surface area contributed by atoms with Crippen LogP contribution in [-0.4, -0.2) is 0 Å². The SMILES string of the molecule is CCC[C@H]1CC[C@H](C2CCC(c3ccc(C(F)(F)Oc4ccc(C(F)(F)F)c(F)c4)cc3)CC2)CC1. The number of ether oxygens (including phenoxy) is 1. The third-order valence-electron chi connectivity index (χ3n) is 8.24. The van der Waals surface area contributed by atoms with Gasteiger partial charge in [-0.1, -0.05) is 44.7 Å². The van der Waals surface area contributed by atoms with Crippen LogP contribution in [0.3, 0.4) is 0 Å². The maximum atomic E-state index is 14.6. The van der Waals surface area contributed by atoms with E-state index in [2.05, 4.69) is 11.7 Å². The molecule has 1 nitrogen and oxygen atoms in total. The van der Waals surface area contributed by atoms with Crippen LogP contribution in [0, 0.1) is 23.6 Å². The molecule has 0 atom stereocenters. The van der Waals surface area contributed by atoms with Crippen molar-refractivity contribution in [3.05, 3.63) is 65.0 Å². The van der Waals surface area contributed by atoms with E-state index in [1.54, 1.807) is 12.1 Å². The van der Waals surface area contributed by atoms with Gasteiger partial charge in [0, 0.05) is 6.07 Å². The van der Waals surface area contributed by atoms with E-state index < -0.39 is 35.0 Å². The molecule has 2 aromatic rings. The third-order valence-corrected chi connectivity index (χ3v) is 8.24. The summed E-state index contributed by atoms with van der Waals surface area (Å²) in [5, 5.41) is 0. The van der Waals surface area contributed by atoms with Crippen molar-refractivity contribution in [2.24, 2.45) is 17.8 Å². The first-order chi connectivity index (χ1) is 17.1. The highest BCUT2D eigenvalue weighted by Gasteiger charge is 2.37. The molecule has 0 spiro atoms. The predicted molar refractivity (Wildman–Crippen MR) is 127 cm³/mol. The lowest BCUT2D eigenvalue weighted by molar-refractivity contribution is -0.185. The van der Waals surface area contributed by atoms with E-state index in [-0.39, 0.29) is 0 Å². The summed E-state index contributed by atoms with van der Waals surface area (Å²) in [7, 11) is 0. The average Bonchev–Trinajstić information content (AvgIpc) is 2.84. The lowest BCUT2D eigenvalue weighted by atomic mass is 9.68. The minimum atomic E-state index is -4.91. The number of hydrogen-bond acceptors (Lipinski definition) is 1. The van der Waals surface area contributed by atoms with Crippen LogP contribution in [0.25, 0.3) is 0 Å². The van der Waals surface area contributed by atoms with E-state index in [9.17, 15) is 26.3 Å². The van der Waals surface area contributed by atoms with Crippen molar-refractivity contribution in [2.45, 2.75) is 89.3 Å². The molecule has 2 aromatic carbocycles. The Balaban J connectivity index is 1.32. The average molecular weight is 513 g/mol. The highest BCUT2D eigenvalue weighted by atomic mass is 19.4. The number of halogens is 6. The van der Waals surface area contributed by atoms with Gasteiger partial charge in [0.1, 0.15) is 11.6 Å². The fourth-order valence-electron chi connectivity index (χ4n) is 6.23. The molecular formula is C29H34F6O. The summed E-state index contributed by atoms with van der Waals surface area (Å²) in [6.07, 6.45) is 3.75. The zero-order valence-electron chi connectivity index (χ0n) is 20.6. The van der Waals surface area contributed by atoms with Gasteiger partial charge in [-0.3, -0.25) is 0 Å². The van der Waals surface area contributed by atoms with Crippen LogP contribution in [0.5, 0.6) is 5.75 Å². The fraction of sp³-hybridized carbons (Fsp3) is 0.586. The highest BCUT2D eigenvalue weighted by molar-refractivity contribution is 5.33. The highest BCUT2D eigenvalue weighted by Crippen LogP contribution is 2.45. The number of hydrogen-bond donors (Lipinski definition) is 0. The van der Waals surface area contributed by atoms with Gasteiger partial charge in [-0.2, -0.15) is 22.0 Å². The molecule has 2 fully saturated rings. The molecule has 2 aliphatic carbocycles. The molecule has 0 N–H and O–H groups in total. The van der Waals surface area contributed by atoms with Crippen LogP contribution in [0.2, 0.25) is 0 Å². The molecule has 36 heavy (non-hydrogen) atoms. The molecule has 2 aliphatic rings. The Morgan fingerprint density at radius 3 is 1.89 bits per heavy atom. The monoisotopic (exact) mass is 512 g/mol. The standard InChI is InChI=1S/C29H34F6O/c1-2-3-19-4-6-20(7-5-19)21-8-10-22(11-9-21)23-12-14-24(15-13-23)29(34,35)36-25-16-17-26(27(30)18-25)28(31,32)33/h12-22H,2-11H2,1H3/t19-,20-,21?,22?. The van der Waals surface area contributed by atoms with Crippen molar-refractivity contribution in [3.63, 3.8) is 0 Å². The fourth-order valence-corrected chi connectivity index (χ4v) is 6.23. The van der Waals surface area contributed by atoms with Gasteiger partial charge in [-0.15, -0.1) is 0 Å². The summed E-state index contributed by atoms with van der Waals surface area (Å²) in [6.45, 7) is 2.26. The lowest BCUT2D eigenvalue weighted by Crippen LogP contribution is -2.25. The molecule has 0 aromatic heterocycles. The van der Waals surface area contributed by atoms with E-state index in [1.807, 2.05) is 0 Å². The largest absolute Gasteiger partial charge is 0.429 e. The molecule has 2 saturated carbocycles. The minimum absolute atomic E-state index is 0.333. The second-order valence-corrected chi connectivity index (χ2v) is 10.6. The van der Waals surface area contributed by atoms with Gasteiger partial charge >= 0.3 is 12.3 Å². The van der Waals surface area contributed by atoms with E-state index >= 15 is 0 Å². The molecule has 0 radical (unpaired) electrons. The van der Waals surface area contributed by atoms with Crippen LogP contribution in [0.15, 0.2) is 42.5 Å². The van der Waals surface area contributed by atoms with Crippen LogP contribution in [-0.2, 0) is 12.3 Å². The third kappa shape index (κ3) is 6.38. The number of benzene rings is 2. The van der Waals surface area contributed by atoms with Crippen LogP contribution < -0.4 is 4.74 Å². The van der Waals surface area contributed by atoms with Crippen molar-refractivity contribution in [3.8, 4) is 5.75 Å². The molecule has 0 saturated heterocycles. The predicted octanol–water partition coefficient (Wildman–Crippen LogP) is 9.85. The molecule has 4 rings (SSSR count). The lowest BCUT2D eigenvalue weighted by Gasteiger charge is -2.38. The Kier molecular flexibility index (Phi) is 8.25. The molecule has 0 aliphatic heterocycles. The van der Waals surface area contributed by atoms with Gasteiger partial charge in [0.2, 0.25) is 0 Å². The van der Waals surface area contributed by atoms with E-state index in [4.69, 9.17) is 0 Å². The molecule has 198 valence electrons. The first-order valence-corrected chi connectivity index (χ1v) is 13.1. The topological polar surface area (TPSA) is 9.23 Å². The van der Waals surface area contributed by atoms with Crippen LogP contribution in [0.4, 0.5) is 26.3 Å². The molecular weight excluding hydrogens is 478 g/mol. The Bertz CT molecular complexity index is 984. The Morgan fingerprint density at radius 2 is 1.36 bits per heavy atom. The van der Waals surface area contributed by atoms with E-state index in [0.29, 0.717) is 24.1 Å². The second kappa shape index (κ2) is 11.1. The summed E-state index contributed by atoms with van der Waals surface area (Å²) in [4.78, 5) is 0. The molecule has 0 amide bonds.